The van der Waals surface area contributed by atoms with E-state index in [4.69, 9.17) is 0 Å². The molecule has 1 N–H and O–H groups in total. The molecule has 0 aliphatic rings. The minimum atomic E-state index is -2.87. The molecule has 0 aromatic rings. The summed E-state index contributed by atoms with van der Waals surface area (Å²) in [6.07, 6.45) is 1.71. The maximum absolute atomic E-state index is 11.7. The maximum Gasteiger partial charge on any atom is 0.151 e. The van der Waals surface area contributed by atoms with E-state index in [1.807, 2.05) is 13.8 Å². The lowest BCUT2D eigenvalue weighted by Gasteiger charge is -2.21. The highest BCUT2D eigenvalue weighted by atomic mass is 32.2. The fraction of sp³-hybridized carbons (Fsp3) is 1.00. The van der Waals surface area contributed by atoms with Gasteiger partial charge in [0.05, 0.1) is 11.5 Å². The lowest BCUT2D eigenvalue weighted by Crippen LogP contribution is -2.40. The van der Waals surface area contributed by atoms with Gasteiger partial charge in [-0.05, 0) is 18.9 Å². The van der Waals surface area contributed by atoms with Gasteiger partial charge in [-0.1, -0.05) is 34.1 Å². The summed E-state index contributed by atoms with van der Waals surface area (Å²) in [5, 5.41) is 3.24. The van der Waals surface area contributed by atoms with Crippen molar-refractivity contribution in [3.05, 3.63) is 0 Å². The SMILES string of the molecule is CCCCS(=O)(=O)CC(NCC)C(C)C. The molecular formula is C11H25NO2S. The second-order valence-electron chi connectivity index (χ2n) is 4.38. The van der Waals surface area contributed by atoms with Crippen LogP contribution in [0, 0.1) is 5.92 Å². The van der Waals surface area contributed by atoms with Gasteiger partial charge in [0, 0.05) is 6.04 Å². The fourth-order valence-corrected chi connectivity index (χ4v) is 3.42. The van der Waals surface area contributed by atoms with Crippen LogP contribution in [0.25, 0.3) is 0 Å². The summed E-state index contributed by atoms with van der Waals surface area (Å²) in [5.74, 6) is 0.970. The van der Waals surface area contributed by atoms with E-state index in [1.165, 1.54) is 0 Å². The van der Waals surface area contributed by atoms with Crippen LogP contribution in [-0.4, -0.2) is 32.5 Å². The molecule has 0 radical (unpaired) electrons. The Morgan fingerprint density at radius 1 is 1.20 bits per heavy atom. The molecule has 0 rings (SSSR count). The van der Waals surface area contributed by atoms with Crippen LogP contribution in [-0.2, 0) is 9.84 Å². The molecule has 0 heterocycles. The quantitative estimate of drug-likeness (QED) is 0.698. The van der Waals surface area contributed by atoms with Crippen LogP contribution < -0.4 is 5.32 Å². The number of sulfone groups is 1. The largest absolute Gasteiger partial charge is 0.313 e. The first-order chi connectivity index (χ1) is 6.93. The van der Waals surface area contributed by atoms with E-state index in [-0.39, 0.29) is 11.8 Å². The van der Waals surface area contributed by atoms with Crippen LogP contribution in [0.4, 0.5) is 0 Å². The van der Waals surface area contributed by atoms with E-state index in [0.29, 0.717) is 11.7 Å². The summed E-state index contributed by atoms with van der Waals surface area (Å²) in [4.78, 5) is 0. The molecule has 4 heteroatoms. The summed E-state index contributed by atoms with van der Waals surface area (Å²) in [6, 6.07) is 0.0943. The third kappa shape index (κ3) is 6.90. The van der Waals surface area contributed by atoms with Crippen molar-refractivity contribution in [1.82, 2.24) is 5.32 Å². The first-order valence-electron chi connectivity index (χ1n) is 5.86. The second kappa shape index (κ2) is 7.23. The fourth-order valence-electron chi connectivity index (χ4n) is 1.47. The Labute approximate surface area is 94.6 Å². The molecule has 1 unspecified atom stereocenters. The Morgan fingerprint density at radius 2 is 1.80 bits per heavy atom. The molecule has 0 aromatic carbocycles. The normalized spacial score (nSPS) is 14.5. The van der Waals surface area contributed by atoms with Crippen molar-refractivity contribution >= 4 is 9.84 Å². The average Bonchev–Trinajstić information content (AvgIpc) is 2.14. The Morgan fingerprint density at radius 3 is 2.20 bits per heavy atom. The van der Waals surface area contributed by atoms with Gasteiger partial charge in [0.1, 0.15) is 0 Å². The molecule has 0 amide bonds. The third-order valence-corrected chi connectivity index (χ3v) is 4.29. The summed E-state index contributed by atoms with van der Waals surface area (Å²) in [6.45, 7) is 8.96. The zero-order chi connectivity index (χ0) is 11.9. The van der Waals surface area contributed by atoms with Gasteiger partial charge in [0.15, 0.2) is 9.84 Å². The highest BCUT2D eigenvalue weighted by molar-refractivity contribution is 7.91. The minimum absolute atomic E-state index is 0.0943. The smallest absolute Gasteiger partial charge is 0.151 e. The minimum Gasteiger partial charge on any atom is -0.313 e. The number of hydrogen-bond donors (Lipinski definition) is 1. The van der Waals surface area contributed by atoms with Gasteiger partial charge in [-0.15, -0.1) is 0 Å². The van der Waals surface area contributed by atoms with Crippen LogP contribution >= 0.6 is 0 Å². The van der Waals surface area contributed by atoms with Gasteiger partial charge in [0.25, 0.3) is 0 Å². The Bertz CT molecular complexity index is 247. The van der Waals surface area contributed by atoms with Gasteiger partial charge < -0.3 is 5.32 Å². The monoisotopic (exact) mass is 235 g/mol. The molecule has 3 nitrogen and oxygen atoms in total. The maximum atomic E-state index is 11.7. The zero-order valence-corrected chi connectivity index (χ0v) is 11.2. The van der Waals surface area contributed by atoms with Crippen LogP contribution in [0.5, 0.6) is 0 Å². The topological polar surface area (TPSA) is 46.2 Å². The molecule has 0 aliphatic heterocycles. The van der Waals surface area contributed by atoms with E-state index in [2.05, 4.69) is 19.2 Å². The van der Waals surface area contributed by atoms with Crippen molar-refractivity contribution in [3.63, 3.8) is 0 Å². The summed E-state index contributed by atoms with van der Waals surface area (Å²) < 4.78 is 23.5. The number of hydrogen-bond acceptors (Lipinski definition) is 3. The first-order valence-corrected chi connectivity index (χ1v) is 7.68. The summed E-state index contributed by atoms with van der Waals surface area (Å²) >= 11 is 0. The van der Waals surface area contributed by atoms with Crippen LogP contribution in [0.1, 0.15) is 40.5 Å². The van der Waals surface area contributed by atoms with Crippen LogP contribution in [0.3, 0.4) is 0 Å². The van der Waals surface area contributed by atoms with E-state index in [1.54, 1.807) is 0 Å². The van der Waals surface area contributed by atoms with Crippen LogP contribution in [0.15, 0.2) is 0 Å². The molecule has 0 spiro atoms. The molecule has 1 atom stereocenters. The predicted molar refractivity (Wildman–Crippen MR) is 65.9 cm³/mol. The van der Waals surface area contributed by atoms with Crippen molar-refractivity contribution in [2.45, 2.75) is 46.6 Å². The summed E-state index contributed by atoms with van der Waals surface area (Å²) in [7, 11) is -2.87. The lowest BCUT2D eigenvalue weighted by atomic mass is 10.1. The average molecular weight is 235 g/mol. The molecule has 0 bridgehead atoms. The van der Waals surface area contributed by atoms with E-state index in [0.717, 1.165) is 19.4 Å². The van der Waals surface area contributed by atoms with Gasteiger partial charge in [-0.3, -0.25) is 0 Å². The van der Waals surface area contributed by atoms with Crippen molar-refractivity contribution in [1.29, 1.82) is 0 Å². The van der Waals surface area contributed by atoms with E-state index in [9.17, 15) is 8.42 Å². The van der Waals surface area contributed by atoms with Crippen LogP contribution in [0.2, 0.25) is 0 Å². The lowest BCUT2D eigenvalue weighted by molar-refractivity contribution is 0.434. The molecule has 0 aliphatic carbocycles. The zero-order valence-electron chi connectivity index (χ0n) is 10.4. The molecule has 15 heavy (non-hydrogen) atoms. The molecule has 0 saturated heterocycles. The van der Waals surface area contributed by atoms with E-state index < -0.39 is 9.84 Å². The number of nitrogens with one attached hydrogen (secondary N) is 1. The molecular weight excluding hydrogens is 210 g/mol. The highest BCUT2D eigenvalue weighted by Gasteiger charge is 2.20. The van der Waals surface area contributed by atoms with Gasteiger partial charge in [-0.25, -0.2) is 8.42 Å². The van der Waals surface area contributed by atoms with E-state index >= 15 is 0 Å². The predicted octanol–water partition coefficient (Wildman–Crippen LogP) is 1.84. The van der Waals surface area contributed by atoms with Gasteiger partial charge in [-0.2, -0.15) is 0 Å². The van der Waals surface area contributed by atoms with Crippen molar-refractivity contribution < 1.29 is 8.42 Å². The summed E-state index contributed by atoms with van der Waals surface area (Å²) in [5.41, 5.74) is 0. The molecule has 92 valence electrons. The first kappa shape index (κ1) is 14.9. The Hall–Kier alpha value is -0.0900. The standard InChI is InChI=1S/C11H25NO2S/c1-5-7-8-15(13,14)9-11(10(3)4)12-6-2/h10-12H,5-9H2,1-4H3. The number of unbranched alkanes of at least 4 members (excludes halogenated alkanes) is 1. The molecule has 0 saturated carbocycles. The number of rotatable bonds is 8. The molecule has 0 aromatic heterocycles. The van der Waals surface area contributed by atoms with Gasteiger partial charge >= 0.3 is 0 Å². The van der Waals surface area contributed by atoms with Gasteiger partial charge in [0.2, 0.25) is 0 Å². The Balaban J connectivity index is 4.25. The van der Waals surface area contributed by atoms with Crippen molar-refractivity contribution in [2.75, 3.05) is 18.1 Å². The third-order valence-electron chi connectivity index (χ3n) is 2.51. The Kier molecular flexibility index (Phi) is 7.18. The molecule has 0 fully saturated rings. The highest BCUT2D eigenvalue weighted by Crippen LogP contribution is 2.07. The van der Waals surface area contributed by atoms with Crippen molar-refractivity contribution in [3.8, 4) is 0 Å². The van der Waals surface area contributed by atoms with Crippen molar-refractivity contribution in [2.24, 2.45) is 5.92 Å². The second-order valence-corrected chi connectivity index (χ2v) is 6.60.